The Morgan fingerprint density at radius 1 is 1.14 bits per heavy atom. The van der Waals surface area contributed by atoms with Crippen LogP contribution in [0.15, 0.2) is 52.9 Å². The highest BCUT2D eigenvalue weighted by Crippen LogP contribution is 2.30. The molecule has 142 valence electrons. The standard InChI is InChI=1S/C22H22N4OS/c1-15-6-4-7-16(12-15)21-25-24-20(27-21)14-26-11-5-8-17(13-26)22-23-18-9-2-3-10-19(18)28-22/h2-4,6-7,9-10,12,17H,5,8,11,13-14H2,1H3/p+1/t17-/m0/s1. The molecule has 0 saturated carbocycles. The number of thiazole rings is 1. The Balaban J connectivity index is 1.29. The molecule has 5 nitrogen and oxygen atoms in total. The van der Waals surface area contributed by atoms with Gasteiger partial charge in [0.2, 0.25) is 5.89 Å². The van der Waals surface area contributed by atoms with Crippen molar-refractivity contribution in [3.8, 4) is 11.5 Å². The molecule has 3 heterocycles. The number of rotatable bonds is 4. The molecule has 0 spiro atoms. The van der Waals surface area contributed by atoms with Crippen LogP contribution in [0.1, 0.15) is 35.2 Å². The summed E-state index contributed by atoms with van der Waals surface area (Å²) in [6.45, 7) is 5.06. The highest BCUT2D eigenvalue weighted by Gasteiger charge is 2.28. The highest BCUT2D eigenvalue weighted by molar-refractivity contribution is 7.18. The van der Waals surface area contributed by atoms with Crippen molar-refractivity contribution in [3.63, 3.8) is 0 Å². The molecule has 6 heteroatoms. The second kappa shape index (κ2) is 7.45. The lowest BCUT2D eigenvalue weighted by Gasteiger charge is -2.27. The van der Waals surface area contributed by atoms with E-state index < -0.39 is 0 Å². The first kappa shape index (κ1) is 17.5. The number of nitrogens with one attached hydrogen (secondary N) is 1. The Kier molecular flexibility index (Phi) is 4.66. The summed E-state index contributed by atoms with van der Waals surface area (Å²) in [4.78, 5) is 6.38. The van der Waals surface area contributed by atoms with E-state index in [2.05, 4.69) is 53.5 Å². The Labute approximate surface area is 168 Å². The second-order valence-electron chi connectivity index (χ2n) is 7.61. The zero-order chi connectivity index (χ0) is 18.9. The van der Waals surface area contributed by atoms with Crippen LogP contribution in [0.5, 0.6) is 0 Å². The summed E-state index contributed by atoms with van der Waals surface area (Å²) in [5.41, 5.74) is 3.30. The zero-order valence-electron chi connectivity index (χ0n) is 15.9. The Morgan fingerprint density at radius 2 is 2.07 bits per heavy atom. The minimum absolute atomic E-state index is 0.514. The van der Waals surface area contributed by atoms with Crippen molar-refractivity contribution in [1.82, 2.24) is 15.2 Å². The van der Waals surface area contributed by atoms with E-state index in [1.165, 1.54) is 33.0 Å². The lowest BCUT2D eigenvalue weighted by Crippen LogP contribution is -3.12. The summed E-state index contributed by atoms with van der Waals surface area (Å²) in [6, 6.07) is 16.6. The number of quaternary nitrogens is 1. The van der Waals surface area contributed by atoms with E-state index in [1.807, 2.05) is 23.5 Å². The number of hydrogen-bond acceptors (Lipinski definition) is 5. The maximum atomic E-state index is 5.96. The van der Waals surface area contributed by atoms with E-state index in [1.54, 1.807) is 0 Å². The fourth-order valence-electron chi connectivity index (χ4n) is 4.02. The average molecular weight is 392 g/mol. The van der Waals surface area contributed by atoms with E-state index in [0.717, 1.165) is 36.6 Å². The van der Waals surface area contributed by atoms with Gasteiger partial charge in [0.25, 0.3) is 5.89 Å². The third-order valence-electron chi connectivity index (χ3n) is 5.41. The van der Waals surface area contributed by atoms with E-state index in [0.29, 0.717) is 11.8 Å². The van der Waals surface area contributed by atoms with Gasteiger partial charge in [0.05, 0.1) is 29.2 Å². The lowest BCUT2D eigenvalue weighted by atomic mass is 9.99. The van der Waals surface area contributed by atoms with Gasteiger partial charge in [0.15, 0.2) is 6.54 Å². The second-order valence-corrected chi connectivity index (χ2v) is 8.67. The molecular formula is C22H23N4OS+. The summed E-state index contributed by atoms with van der Waals surface area (Å²) < 4.78 is 7.24. The van der Waals surface area contributed by atoms with Crippen LogP contribution in [-0.4, -0.2) is 28.3 Å². The number of hydrogen-bond donors (Lipinski definition) is 1. The maximum absolute atomic E-state index is 5.96. The number of likely N-dealkylation sites (tertiary alicyclic amines) is 1. The van der Waals surface area contributed by atoms with Gasteiger partial charge in [-0.1, -0.05) is 29.8 Å². The van der Waals surface area contributed by atoms with Crippen LogP contribution in [0.2, 0.25) is 0 Å². The summed E-state index contributed by atoms with van der Waals surface area (Å²) in [5.74, 6) is 1.84. The predicted molar refractivity (Wildman–Crippen MR) is 110 cm³/mol. The van der Waals surface area contributed by atoms with Crippen molar-refractivity contribution in [3.05, 3.63) is 65.0 Å². The normalized spacial score (nSPS) is 19.9. The SMILES string of the molecule is Cc1cccc(-c2nnc(C[NH+]3CCC[C@H](c4nc5ccccc5s4)C3)o2)c1. The van der Waals surface area contributed by atoms with E-state index >= 15 is 0 Å². The van der Waals surface area contributed by atoms with Crippen LogP contribution in [0, 0.1) is 6.92 Å². The van der Waals surface area contributed by atoms with Crippen LogP contribution in [0.3, 0.4) is 0 Å². The largest absolute Gasteiger partial charge is 0.415 e. The van der Waals surface area contributed by atoms with Gasteiger partial charge in [-0.15, -0.1) is 21.5 Å². The first-order chi connectivity index (χ1) is 13.7. The van der Waals surface area contributed by atoms with Gasteiger partial charge >= 0.3 is 0 Å². The molecule has 0 aliphatic carbocycles. The summed E-state index contributed by atoms with van der Waals surface area (Å²) in [7, 11) is 0. The Bertz CT molecular complexity index is 1070. The summed E-state index contributed by atoms with van der Waals surface area (Å²) >= 11 is 1.84. The van der Waals surface area contributed by atoms with E-state index in [9.17, 15) is 0 Å². The number of aryl methyl sites for hydroxylation is 1. The number of fused-ring (bicyclic) bond motifs is 1. The average Bonchev–Trinajstić information content (AvgIpc) is 3.35. The Hall–Kier alpha value is -2.57. The Morgan fingerprint density at radius 3 is 2.96 bits per heavy atom. The minimum Gasteiger partial charge on any atom is -0.415 e. The molecule has 1 fully saturated rings. The molecule has 2 aromatic heterocycles. The zero-order valence-corrected chi connectivity index (χ0v) is 16.7. The molecule has 2 aromatic carbocycles. The smallest absolute Gasteiger partial charge is 0.271 e. The van der Waals surface area contributed by atoms with Gasteiger partial charge in [-0.05, 0) is 44.0 Å². The van der Waals surface area contributed by atoms with Gasteiger partial charge in [-0.2, -0.15) is 0 Å². The maximum Gasteiger partial charge on any atom is 0.271 e. The van der Waals surface area contributed by atoms with Crippen LogP contribution in [-0.2, 0) is 6.54 Å². The van der Waals surface area contributed by atoms with E-state index in [4.69, 9.17) is 9.40 Å². The molecule has 1 aliphatic rings. The lowest BCUT2D eigenvalue weighted by molar-refractivity contribution is -0.921. The van der Waals surface area contributed by atoms with Gasteiger partial charge in [-0.25, -0.2) is 4.98 Å². The molecule has 28 heavy (non-hydrogen) atoms. The topological polar surface area (TPSA) is 56.2 Å². The fourth-order valence-corrected chi connectivity index (χ4v) is 5.12. The molecule has 1 aliphatic heterocycles. The van der Waals surface area contributed by atoms with Gasteiger partial charge < -0.3 is 9.32 Å². The van der Waals surface area contributed by atoms with Crippen LogP contribution < -0.4 is 4.90 Å². The number of nitrogens with zero attached hydrogens (tertiary/aromatic N) is 3. The molecule has 0 amide bonds. The highest BCUT2D eigenvalue weighted by atomic mass is 32.1. The summed E-state index contributed by atoms with van der Waals surface area (Å²) in [6.07, 6.45) is 2.41. The molecule has 5 rings (SSSR count). The van der Waals surface area contributed by atoms with Crippen LogP contribution >= 0.6 is 11.3 Å². The molecule has 2 atom stereocenters. The summed E-state index contributed by atoms with van der Waals surface area (Å²) in [5, 5.41) is 9.83. The van der Waals surface area contributed by atoms with Crippen molar-refractivity contribution in [1.29, 1.82) is 0 Å². The van der Waals surface area contributed by atoms with Gasteiger partial charge in [0, 0.05) is 5.56 Å². The molecule has 1 unspecified atom stereocenters. The quantitative estimate of drug-likeness (QED) is 0.577. The van der Waals surface area contributed by atoms with Crippen LogP contribution in [0.25, 0.3) is 21.7 Å². The van der Waals surface area contributed by atoms with Gasteiger partial charge in [0.1, 0.15) is 5.01 Å². The van der Waals surface area contributed by atoms with Crippen molar-refractivity contribution in [2.24, 2.45) is 0 Å². The third kappa shape index (κ3) is 3.57. The first-order valence-electron chi connectivity index (χ1n) is 9.83. The van der Waals surface area contributed by atoms with Crippen molar-refractivity contribution in [2.75, 3.05) is 13.1 Å². The molecule has 1 N–H and O–H groups in total. The predicted octanol–water partition coefficient (Wildman–Crippen LogP) is 3.62. The van der Waals surface area contributed by atoms with Crippen molar-refractivity contribution < 1.29 is 9.32 Å². The van der Waals surface area contributed by atoms with Crippen molar-refractivity contribution >= 4 is 21.6 Å². The fraction of sp³-hybridized carbons (Fsp3) is 0.318. The minimum atomic E-state index is 0.514. The number of piperidine rings is 1. The number of para-hydroxylation sites is 1. The molecular weight excluding hydrogens is 368 g/mol. The third-order valence-corrected chi connectivity index (χ3v) is 6.61. The monoisotopic (exact) mass is 391 g/mol. The molecule has 0 radical (unpaired) electrons. The number of aromatic nitrogens is 3. The molecule has 1 saturated heterocycles. The first-order valence-corrected chi connectivity index (χ1v) is 10.6. The number of benzene rings is 2. The van der Waals surface area contributed by atoms with Gasteiger partial charge in [-0.3, -0.25) is 0 Å². The van der Waals surface area contributed by atoms with Crippen LogP contribution in [0.4, 0.5) is 0 Å². The van der Waals surface area contributed by atoms with E-state index in [-0.39, 0.29) is 0 Å². The molecule has 4 aromatic rings. The van der Waals surface area contributed by atoms with Crippen molar-refractivity contribution in [2.45, 2.75) is 32.2 Å². The molecule has 0 bridgehead atoms.